The van der Waals surface area contributed by atoms with Gasteiger partial charge in [-0.25, -0.2) is 4.39 Å². The van der Waals surface area contributed by atoms with Crippen molar-refractivity contribution in [2.75, 3.05) is 19.7 Å². The minimum atomic E-state index is -0.138. The standard InChI is InChI=1S/C12H16FNO/c1-9-6-10(2-3-12(9)13)7-11-8-14-4-5-15-11/h2-3,6,11,14H,4-5,7-8H2,1H3. The summed E-state index contributed by atoms with van der Waals surface area (Å²) in [6.07, 6.45) is 1.08. The lowest BCUT2D eigenvalue weighted by molar-refractivity contribution is 0.0292. The van der Waals surface area contributed by atoms with Crippen LogP contribution in [0.3, 0.4) is 0 Å². The number of aryl methyl sites for hydroxylation is 1. The highest BCUT2D eigenvalue weighted by Crippen LogP contribution is 2.12. The van der Waals surface area contributed by atoms with Gasteiger partial charge in [-0.2, -0.15) is 0 Å². The van der Waals surface area contributed by atoms with E-state index in [0.29, 0.717) is 5.56 Å². The van der Waals surface area contributed by atoms with Crippen molar-refractivity contribution in [3.63, 3.8) is 0 Å². The van der Waals surface area contributed by atoms with Gasteiger partial charge in [0.2, 0.25) is 0 Å². The van der Waals surface area contributed by atoms with Crippen molar-refractivity contribution in [3.05, 3.63) is 35.1 Å². The third-order valence-electron chi connectivity index (χ3n) is 2.69. The molecule has 0 radical (unpaired) electrons. The molecule has 1 heterocycles. The predicted octanol–water partition coefficient (Wildman–Crippen LogP) is 1.67. The van der Waals surface area contributed by atoms with E-state index in [2.05, 4.69) is 5.32 Å². The van der Waals surface area contributed by atoms with Gasteiger partial charge in [0.25, 0.3) is 0 Å². The first-order valence-corrected chi connectivity index (χ1v) is 5.33. The molecule has 1 aliphatic rings. The van der Waals surface area contributed by atoms with E-state index < -0.39 is 0 Å². The third-order valence-corrected chi connectivity index (χ3v) is 2.69. The number of benzene rings is 1. The van der Waals surface area contributed by atoms with Crippen molar-refractivity contribution in [2.24, 2.45) is 0 Å². The lowest BCUT2D eigenvalue weighted by Crippen LogP contribution is -2.39. The largest absolute Gasteiger partial charge is 0.375 e. The highest BCUT2D eigenvalue weighted by Gasteiger charge is 2.14. The van der Waals surface area contributed by atoms with Gasteiger partial charge in [0.15, 0.2) is 0 Å². The normalized spacial score (nSPS) is 21.6. The minimum absolute atomic E-state index is 0.138. The molecule has 1 saturated heterocycles. The van der Waals surface area contributed by atoms with Crippen molar-refractivity contribution in [2.45, 2.75) is 19.4 Å². The lowest BCUT2D eigenvalue weighted by Gasteiger charge is -2.23. The zero-order chi connectivity index (χ0) is 10.7. The number of morpholine rings is 1. The molecule has 0 bridgehead atoms. The van der Waals surface area contributed by atoms with Crippen LogP contribution in [0.25, 0.3) is 0 Å². The van der Waals surface area contributed by atoms with E-state index >= 15 is 0 Å². The Balaban J connectivity index is 2.00. The van der Waals surface area contributed by atoms with Gasteiger partial charge in [-0.05, 0) is 30.5 Å². The Morgan fingerprint density at radius 1 is 1.53 bits per heavy atom. The summed E-state index contributed by atoms with van der Waals surface area (Å²) in [6, 6.07) is 5.26. The zero-order valence-electron chi connectivity index (χ0n) is 8.92. The highest BCUT2D eigenvalue weighted by atomic mass is 19.1. The summed E-state index contributed by atoms with van der Waals surface area (Å²) in [7, 11) is 0. The van der Waals surface area contributed by atoms with Crippen LogP contribution in [0.1, 0.15) is 11.1 Å². The first-order chi connectivity index (χ1) is 7.25. The molecular formula is C12H16FNO. The fourth-order valence-electron chi connectivity index (χ4n) is 1.85. The van der Waals surface area contributed by atoms with Gasteiger partial charge < -0.3 is 10.1 Å². The molecule has 3 heteroatoms. The number of rotatable bonds is 2. The molecule has 0 spiro atoms. The third kappa shape index (κ3) is 2.76. The summed E-state index contributed by atoms with van der Waals surface area (Å²) >= 11 is 0. The molecule has 2 nitrogen and oxygen atoms in total. The van der Waals surface area contributed by atoms with Gasteiger partial charge >= 0.3 is 0 Å². The van der Waals surface area contributed by atoms with Crippen LogP contribution < -0.4 is 5.32 Å². The van der Waals surface area contributed by atoms with Crippen LogP contribution in [-0.4, -0.2) is 25.8 Å². The first-order valence-electron chi connectivity index (χ1n) is 5.33. The van der Waals surface area contributed by atoms with E-state index in [1.54, 1.807) is 6.92 Å². The minimum Gasteiger partial charge on any atom is -0.375 e. The molecule has 1 aliphatic heterocycles. The second-order valence-electron chi connectivity index (χ2n) is 3.98. The van der Waals surface area contributed by atoms with E-state index in [4.69, 9.17) is 4.74 Å². The Labute approximate surface area is 89.4 Å². The van der Waals surface area contributed by atoms with Crippen LogP contribution in [0.5, 0.6) is 0 Å². The smallest absolute Gasteiger partial charge is 0.126 e. The molecule has 15 heavy (non-hydrogen) atoms. The Morgan fingerprint density at radius 2 is 2.40 bits per heavy atom. The van der Waals surface area contributed by atoms with Gasteiger partial charge in [0.1, 0.15) is 5.82 Å². The van der Waals surface area contributed by atoms with Crippen molar-refractivity contribution >= 4 is 0 Å². The van der Waals surface area contributed by atoms with Crippen LogP contribution in [0.2, 0.25) is 0 Å². The second kappa shape index (κ2) is 4.73. The van der Waals surface area contributed by atoms with E-state index in [0.717, 1.165) is 31.7 Å². The van der Waals surface area contributed by atoms with Crippen molar-refractivity contribution < 1.29 is 9.13 Å². The van der Waals surface area contributed by atoms with Crippen molar-refractivity contribution in [3.8, 4) is 0 Å². The van der Waals surface area contributed by atoms with E-state index in [1.165, 1.54) is 6.07 Å². The SMILES string of the molecule is Cc1cc(CC2CNCCO2)ccc1F. The zero-order valence-corrected chi connectivity index (χ0v) is 8.92. The topological polar surface area (TPSA) is 21.3 Å². The fourth-order valence-corrected chi connectivity index (χ4v) is 1.85. The maximum Gasteiger partial charge on any atom is 0.126 e. The fraction of sp³-hybridized carbons (Fsp3) is 0.500. The highest BCUT2D eigenvalue weighted by molar-refractivity contribution is 5.24. The number of halogens is 1. The quantitative estimate of drug-likeness (QED) is 0.800. The van der Waals surface area contributed by atoms with E-state index in [9.17, 15) is 4.39 Å². The summed E-state index contributed by atoms with van der Waals surface area (Å²) in [5.41, 5.74) is 1.85. The summed E-state index contributed by atoms with van der Waals surface area (Å²) in [5.74, 6) is -0.138. The van der Waals surface area contributed by atoms with Crippen LogP contribution in [0.15, 0.2) is 18.2 Å². The molecule has 2 rings (SSSR count). The molecule has 1 aromatic carbocycles. The molecule has 0 aliphatic carbocycles. The molecule has 1 unspecified atom stereocenters. The Hall–Kier alpha value is -0.930. The molecule has 1 fully saturated rings. The van der Waals surface area contributed by atoms with Crippen LogP contribution in [0.4, 0.5) is 4.39 Å². The Kier molecular flexibility index (Phi) is 3.34. The van der Waals surface area contributed by atoms with E-state index in [1.807, 2.05) is 12.1 Å². The summed E-state index contributed by atoms with van der Waals surface area (Å²) < 4.78 is 18.6. The molecule has 0 saturated carbocycles. The summed E-state index contributed by atoms with van der Waals surface area (Å²) in [5, 5.41) is 3.28. The van der Waals surface area contributed by atoms with Gasteiger partial charge in [-0.1, -0.05) is 12.1 Å². The number of ether oxygens (including phenoxy) is 1. The Bertz CT molecular complexity index is 334. The summed E-state index contributed by atoms with van der Waals surface area (Å²) in [6.45, 7) is 4.37. The number of nitrogens with one attached hydrogen (secondary N) is 1. The summed E-state index contributed by atoms with van der Waals surface area (Å²) in [4.78, 5) is 0. The molecule has 0 aromatic heterocycles. The van der Waals surface area contributed by atoms with Gasteiger partial charge in [-0.3, -0.25) is 0 Å². The predicted molar refractivity (Wildman–Crippen MR) is 57.5 cm³/mol. The maximum atomic E-state index is 13.0. The molecule has 1 aromatic rings. The number of hydrogen-bond donors (Lipinski definition) is 1. The van der Waals surface area contributed by atoms with Gasteiger partial charge in [-0.15, -0.1) is 0 Å². The van der Waals surface area contributed by atoms with Crippen molar-refractivity contribution in [1.29, 1.82) is 0 Å². The average molecular weight is 209 g/mol. The monoisotopic (exact) mass is 209 g/mol. The lowest BCUT2D eigenvalue weighted by atomic mass is 10.0. The van der Waals surface area contributed by atoms with Crippen molar-refractivity contribution in [1.82, 2.24) is 5.32 Å². The molecule has 1 N–H and O–H groups in total. The average Bonchev–Trinajstić information content (AvgIpc) is 2.25. The Morgan fingerprint density at radius 3 is 3.07 bits per heavy atom. The first kappa shape index (κ1) is 10.6. The van der Waals surface area contributed by atoms with Crippen LogP contribution in [-0.2, 0) is 11.2 Å². The molecule has 82 valence electrons. The molecule has 0 amide bonds. The van der Waals surface area contributed by atoms with E-state index in [-0.39, 0.29) is 11.9 Å². The molecular weight excluding hydrogens is 193 g/mol. The second-order valence-corrected chi connectivity index (χ2v) is 3.98. The molecule has 1 atom stereocenters. The van der Waals surface area contributed by atoms with Gasteiger partial charge in [0, 0.05) is 13.1 Å². The van der Waals surface area contributed by atoms with Crippen LogP contribution >= 0.6 is 0 Å². The maximum absolute atomic E-state index is 13.0. The van der Waals surface area contributed by atoms with Crippen LogP contribution in [0, 0.1) is 12.7 Å². The number of hydrogen-bond acceptors (Lipinski definition) is 2. The van der Waals surface area contributed by atoms with Gasteiger partial charge in [0.05, 0.1) is 12.7 Å².